The van der Waals surface area contributed by atoms with Gasteiger partial charge in [-0.15, -0.1) is 0 Å². The van der Waals surface area contributed by atoms with E-state index in [9.17, 15) is 0 Å². The monoisotopic (exact) mass is 312 g/mol. The lowest BCUT2D eigenvalue weighted by Crippen LogP contribution is -1.94. The Bertz CT molecular complexity index is 663. The zero-order chi connectivity index (χ0) is 16.7. The lowest BCUT2D eigenvalue weighted by atomic mass is 10.1. The second-order valence-corrected chi connectivity index (χ2v) is 4.87. The maximum Gasteiger partial charge on any atom is 0.134 e. The van der Waals surface area contributed by atoms with Crippen molar-refractivity contribution in [2.45, 2.75) is 0 Å². The van der Waals surface area contributed by atoms with Gasteiger partial charge < -0.3 is 26.4 Å². The number of nitrogens with two attached hydrogens (primary N) is 2. The Kier molecular flexibility index (Phi) is 5.80. The van der Waals surface area contributed by atoms with Crippen LogP contribution < -0.4 is 16.2 Å². The molecule has 0 heterocycles. The van der Waals surface area contributed by atoms with E-state index < -0.39 is 0 Å². The Hall–Kier alpha value is -2.76. The first kappa shape index (κ1) is 16.6. The Morgan fingerprint density at radius 1 is 0.783 bits per heavy atom. The minimum absolute atomic E-state index is 0.0689. The normalized spacial score (nSPS) is 11.4. The van der Waals surface area contributed by atoms with E-state index in [1.807, 2.05) is 0 Å². The van der Waals surface area contributed by atoms with Crippen molar-refractivity contribution in [3.8, 4) is 11.5 Å². The minimum Gasteiger partial charge on any atom is -0.456 e. The first-order chi connectivity index (χ1) is 11.1. The molecule has 0 radical (unpaired) electrons. The molecule has 0 bridgehead atoms. The number of benzene rings is 2. The molecular weight excluding hydrogens is 292 g/mol. The summed E-state index contributed by atoms with van der Waals surface area (Å²) in [6.45, 7) is -0.138. The van der Waals surface area contributed by atoms with Gasteiger partial charge in [-0.25, -0.2) is 0 Å². The summed E-state index contributed by atoms with van der Waals surface area (Å²) in [7, 11) is 0. The van der Waals surface area contributed by atoms with Gasteiger partial charge in [0, 0.05) is 22.5 Å². The molecule has 2 rings (SSSR count). The quantitative estimate of drug-likeness (QED) is 0.614. The van der Waals surface area contributed by atoms with Crippen LogP contribution in [0.25, 0.3) is 12.2 Å². The molecular formula is C18H20N2O3. The fraction of sp³-hybridized carbons (Fsp3) is 0.111. The summed E-state index contributed by atoms with van der Waals surface area (Å²) in [4.78, 5) is 0. The molecule has 0 amide bonds. The molecule has 0 aromatic heterocycles. The average molecular weight is 312 g/mol. The first-order valence-electron chi connectivity index (χ1n) is 7.15. The Balaban J connectivity index is 2.39. The molecule has 0 aliphatic carbocycles. The summed E-state index contributed by atoms with van der Waals surface area (Å²) >= 11 is 0. The summed E-state index contributed by atoms with van der Waals surface area (Å²) < 4.78 is 5.97. The number of hydrogen-bond acceptors (Lipinski definition) is 5. The average Bonchev–Trinajstić information content (AvgIpc) is 2.54. The number of nitrogen functional groups attached to an aromatic ring is 2. The molecule has 6 N–H and O–H groups in total. The van der Waals surface area contributed by atoms with Crippen LogP contribution in [0.15, 0.2) is 48.6 Å². The molecule has 23 heavy (non-hydrogen) atoms. The highest BCUT2D eigenvalue weighted by Gasteiger charge is 2.07. The third-order valence-electron chi connectivity index (χ3n) is 3.09. The van der Waals surface area contributed by atoms with Crippen LogP contribution in [0.5, 0.6) is 11.5 Å². The van der Waals surface area contributed by atoms with E-state index in [0.29, 0.717) is 22.9 Å². The molecule has 2 aromatic carbocycles. The van der Waals surface area contributed by atoms with Crippen LogP contribution in [0, 0.1) is 0 Å². The Labute approximate surface area is 135 Å². The van der Waals surface area contributed by atoms with Crippen molar-refractivity contribution in [3.05, 3.63) is 59.7 Å². The summed E-state index contributed by atoms with van der Waals surface area (Å²) in [6.07, 6.45) is 6.70. The zero-order valence-electron chi connectivity index (χ0n) is 12.6. The van der Waals surface area contributed by atoms with Crippen molar-refractivity contribution in [2.24, 2.45) is 0 Å². The maximum absolute atomic E-state index is 8.94. The minimum atomic E-state index is -0.0689. The third-order valence-corrected chi connectivity index (χ3v) is 3.09. The highest BCUT2D eigenvalue weighted by atomic mass is 16.5. The van der Waals surface area contributed by atoms with Gasteiger partial charge >= 0.3 is 0 Å². The van der Waals surface area contributed by atoms with E-state index in [4.69, 9.17) is 26.4 Å². The number of anilines is 2. The van der Waals surface area contributed by atoms with E-state index in [0.717, 1.165) is 11.1 Å². The van der Waals surface area contributed by atoms with E-state index in [1.54, 1.807) is 60.7 Å². The van der Waals surface area contributed by atoms with Crippen molar-refractivity contribution >= 4 is 23.5 Å². The van der Waals surface area contributed by atoms with Crippen molar-refractivity contribution < 1.29 is 14.9 Å². The molecule has 0 atom stereocenters. The standard InChI is InChI=1S/C18H20N2O3/c19-15-5-7-17(13(11-15)3-1-9-21)23-18-8-6-16(20)12-14(18)4-2-10-22/h1-8,11-12,21-22H,9-10,19-20H2. The van der Waals surface area contributed by atoms with Crippen molar-refractivity contribution in [2.75, 3.05) is 24.7 Å². The van der Waals surface area contributed by atoms with Gasteiger partial charge in [-0.3, -0.25) is 0 Å². The van der Waals surface area contributed by atoms with Crippen molar-refractivity contribution in [3.63, 3.8) is 0 Å². The van der Waals surface area contributed by atoms with Gasteiger partial charge in [0.05, 0.1) is 13.2 Å². The van der Waals surface area contributed by atoms with Gasteiger partial charge in [-0.2, -0.15) is 0 Å². The first-order valence-corrected chi connectivity index (χ1v) is 7.15. The molecule has 2 aromatic rings. The highest BCUT2D eigenvalue weighted by molar-refractivity contribution is 5.66. The summed E-state index contributed by atoms with van der Waals surface area (Å²) in [5.41, 5.74) is 14.3. The fourth-order valence-electron chi connectivity index (χ4n) is 2.06. The summed E-state index contributed by atoms with van der Waals surface area (Å²) in [6, 6.07) is 10.5. The molecule has 0 aliphatic heterocycles. The van der Waals surface area contributed by atoms with Crippen LogP contribution in [-0.2, 0) is 0 Å². The Morgan fingerprint density at radius 2 is 1.22 bits per heavy atom. The van der Waals surface area contributed by atoms with Gasteiger partial charge in [-0.1, -0.05) is 24.3 Å². The number of rotatable bonds is 6. The molecule has 120 valence electrons. The summed E-state index contributed by atoms with van der Waals surface area (Å²) in [5, 5.41) is 17.9. The van der Waals surface area contributed by atoms with E-state index in [2.05, 4.69) is 0 Å². The van der Waals surface area contributed by atoms with Crippen LogP contribution >= 0.6 is 0 Å². The highest BCUT2D eigenvalue weighted by Crippen LogP contribution is 2.32. The predicted octanol–water partition coefficient (Wildman–Crippen LogP) is 2.65. The predicted molar refractivity (Wildman–Crippen MR) is 94.0 cm³/mol. The van der Waals surface area contributed by atoms with E-state index in [-0.39, 0.29) is 13.2 Å². The number of aliphatic hydroxyl groups excluding tert-OH is 2. The van der Waals surface area contributed by atoms with Gasteiger partial charge in [0.15, 0.2) is 0 Å². The number of ether oxygens (including phenoxy) is 1. The van der Waals surface area contributed by atoms with Gasteiger partial charge in [-0.05, 0) is 36.4 Å². The number of aliphatic hydroxyl groups is 2. The van der Waals surface area contributed by atoms with Crippen LogP contribution in [0.2, 0.25) is 0 Å². The van der Waals surface area contributed by atoms with Crippen LogP contribution in [0.1, 0.15) is 11.1 Å². The summed E-state index contributed by atoms with van der Waals surface area (Å²) in [5.74, 6) is 1.21. The molecule has 0 saturated carbocycles. The second kappa shape index (κ2) is 8.03. The van der Waals surface area contributed by atoms with Crippen molar-refractivity contribution in [1.82, 2.24) is 0 Å². The molecule has 0 fully saturated rings. The van der Waals surface area contributed by atoms with E-state index in [1.165, 1.54) is 0 Å². The van der Waals surface area contributed by atoms with Crippen LogP contribution in [0.4, 0.5) is 11.4 Å². The largest absolute Gasteiger partial charge is 0.456 e. The van der Waals surface area contributed by atoms with Gasteiger partial charge in [0.25, 0.3) is 0 Å². The van der Waals surface area contributed by atoms with Crippen LogP contribution in [-0.4, -0.2) is 23.4 Å². The molecule has 0 unspecified atom stereocenters. The van der Waals surface area contributed by atoms with Crippen molar-refractivity contribution in [1.29, 1.82) is 0 Å². The topological polar surface area (TPSA) is 102 Å². The maximum atomic E-state index is 8.94. The van der Waals surface area contributed by atoms with Gasteiger partial charge in [0.1, 0.15) is 11.5 Å². The molecule has 0 aliphatic rings. The Morgan fingerprint density at radius 3 is 1.61 bits per heavy atom. The third kappa shape index (κ3) is 4.60. The lowest BCUT2D eigenvalue weighted by Gasteiger charge is -2.12. The smallest absolute Gasteiger partial charge is 0.134 e. The molecule has 0 saturated heterocycles. The fourth-order valence-corrected chi connectivity index (χ4v) is 2.06. The molecule has 5 nitrogen and oxygen atoms in total. The van der Waals surface area contributed by atoms with E-state index >= 15 is 0 Å². The second-order valence-electron chi connectivity index (χ2n) is 4.87. The molecule has 0 spiro atoms. The van der Waals surface area contributed by atoms with Gasteiger partial charge in [0.2, 0.25) is 0 Å². The lowest BCUT2D eigenvalue weighted by molar-refractivity contribution is 0.343. The number of hydrogen-bond donors (Lipinski definition) is 4. The zero-order valence-corrected chi connectivity index (χ0v) is 12.6. The van der Waals surface area contributed by atoms with Crippen LogP contribution in [0.3, 0.4) is 0 Å². The SMILES string of the molecule is Nc1ccc(Oc2ccc(N)cc2C=CCO)c(C=CCO)c1. The molecule has 5 heteroatoms.